The number of carbonyl (C=O) groups excluding carboxylic acids is 1. The van der Waals surface area contributed by atoms with Gasteiger partial charge in [-0.3, -0.25) is 0 Å². The Hall–Kier alpha value is -1.62. The number of benzene rings is 1. The van der Waals surface area contributed by atoms with Crippen molar-refractivity contribution in [2.45, 2.75) is 33.2 Å². The van der Waals surface area contributed by atoms with Crippen molar-refractivity contribution >= 4 is 28.9 Å². The maximum absolute atomic E-state index is 12.2. The number of nitrogens with zero attached hydrogens (tertiary/aromatic N) is 1. The Morgan fingerprint density at radius 2 is 1.95 bits per heavy atom. The van der Waals surface area contributed by atoms with E-state index in [-0.39, 0.29) is 12.1 Å². The summed E-state index contributed by atoms with van der Waals surface area (Å²) in [5.41, 5.74) is 7.43. The quantitative estimate of drug-likeness (QED) is 0.815. The van der Waals surface area contributed by atoms with Crippen molar-refractivity contribution in [3.8, 4) is 0 Å². The van der Waals surface area contributed by atoms with Crippen LogP contribution in [-0.2, 0) is 0 Å². The summed E-state index contributed by atoms with van der Waals surface area (Å²) in [5.74, 6) is 0. The number of nitrogens with one attached hydrogen (secondary N) is 1. The van der Waals surface area contributed by atoms with Gasteiger partial charge in [-0.1, -0.05) is 29.9 Å². The van der Waals surface area contributed by atoms with Crippen molar-refractivity contribution in [2.24, 2.45) is 5.73 Å². The number of rotatable bonds is 5. The molecule has 0 aliphatic heterocycles. The summed E-state index contributed by atoms with van der Waals surface area (Å²) in [6, 6.07) is 7.67. The zero-order valence-electron chi connectivity index (χ0n) is 11.6. The second kappa shape index (κ2) is 7.09. The SMILES string of the molecule is Cc1ccc(NC(=O)N(CCC(N)=S)C(C)C)cc1. The van der Waals surface area contributed by atoms with E-state index in [1.54, 1.807) is 4.90 Å². The van der Waals surface area contributed by atoms with Gasteiger partial charge < -0.3 is 16.0 Å². The van der Waals surface area contributed by atoms with E-state index in [0.29, 0.717) is 18.0 Å². The van der Waals surface area contributed by atoms with E-state index < -0.39 is 0 Å². The molecule has 0 saturated heterocycles. The van der Waals surface area contributed by atoms with Gasteiger partial charge in [0.1, 0.15) is 0 Å². The highest BCUT2D eigenvalue weighted by Crippen LogP contribution is 2.11. The van der Waals surface area contributed by atoms with Crippen LogP contribution in [0.1, 0.15) is 25.8 Å². The Labute approximate surface area is 120 Å². The van der Waals surface area contributed by atoms with E-state index in [9.17, 15) is 4.79 Å². The van der Waals surface area contributed by atoms with Crippen LogP contribution in [0.3, 0.4) is 0 Å². The lowest BCUT2D eigenvalue weighted by Crippen LogP contribution is -2.41. The van der Waals surface area contributed by atoms with Crippen LogP contribution in [-0.4, -0.2) is 28.5 Å². The molecule has 104 valence electrons. The van der Waals surface area contributed by atoms with E-state index in [1.165, 1.54) is 0 Å². The number of carbonyl (C=O) groups is 1. The Bertz CT molecular complexity index is 443. The van der Waals surface area contributed by atoms with Gasteiger partial charge in [-0.2, -0.15) is 0 Å². The van der Waals surface area contributed by atoms with Gasteiger partial charge in [0.25, 0.3) is 0 Å². The van der Waals surface area contributed by atoms with E-state index in [0.717, 1.165) is 11.3 Å². The lowest BCUT2D eigenvalue weighted by molar-refractivity contribution is 0.199. The van der Waals surface area contributed by atoms with Gasteiger partial charge in [-0.25, -0.2) is 4.79 Å². The second-order valence-corrected chi connectivity index (χ2v) is 5.32. The summed E-state index contributed by atoms with van der Waals surface area (Å²) in [6.45, 7) is 6.47. The lowest BCUT2D eigenvalue weighted by atomic mass is 10.2. The molecule has 0 aromatic heterocycles. The van der Waals surface area contributed by atoms with E-state index in [4.69, 9.17) is 18.0 Å². The zero-order valence-corrected chi connectivity index (χ0v) is 12.5. The maximum Gasteiger partial charge on any atom is 0.322 e. The third-order valence-electron chi connectivity index (χ3n) is 2.79. The van der Waals surface area contributed by atoms with Gasteiger partial charge in [-0.05, 0) is 32.9 Å². The number of hydrogen-bond acceptors (Lipinski definition) is 2. The third kappa shape index (κ3) is 5.26. The van der Waals surface area contributed by atoms with Crippen molar-refractivity contribution < 1.29 is 4.79 Å². The van der Waals surface area contributed by atoms with Crippen molar-refractivity contribution in [1.82, 2.24) is 4.90 Å². The lowest BCUT2D eigenvalue weighted by Gasteiger charge is -2.26. The molecule has 0 heterocycles. The minimum absolute atomic E-state index is 0.0970. The molecule has 0 saturated carbocycles. The van der Waals surface area contributed by atoms with Crippen molar-refractivity contribution in [3.63, 3.8) is 0 Å². The minimum atomic E-state index is -0.130. The van der Waals surface area contributed by atoms with Crippen LogP contribution >= 0.6 is 12.2 Å². The molecule has 1 rings (SSSR count). The van der Waals surface area contributed by atoms with Crippen molar-refractivity contribution in [1.29, 1.82) is 0 Å². The Morgan fingerprint density at radius 1 is 1.37 bits per heavy atom. The normalized spacial score (nSPS) is 10.3. The molecule has 0 bridgehead atoms. The molecule has 0 aliphatic carbocycles. The summed E-state index contributed by atoms with van der Waals surface area (Å²) in [7, 11) is 0. The molecule has 1 aromatic carbocycles. The molecule has 3 N–H and O–H groups in total. The first-order valence-electron chi connectivity index (χ1n) is 6.32. The molecule has 0 unspecified atom stereocenters. The average Bonchev–Trinajstić information content (AvgIpc) is 2.31. The number of hydrogen-bond donors (Lipinski definition) is 2. The van der Waals surface area contributed by atoms with E-state index in [2.05, 4.69) is 5.32 Å². The monoisotopic (exact) mass is 279 g/mol. The number of anilines is 1. The van der Waals surface area contributed by atoms with Gasteiger partial charge in [0, 0.05) is 24.7 Å². The molecule has 0 aliphatic rings. The fourth-order valence-corrected chi connectivity index (χ4v) is 1.75. The third-order valence-corrected chi connectivity index (χ3v) is 2.99. The smallest absolute Gasteiger partial charge is 0.322 e. The standard InChI is InChI=1S/C14H21N3OS/c1-10(2)17(9-8-13(15)19)14(18)16-12-6-4-11(3)5-7-12/h4-7,10H,8-9H2,1-3H3,(H2,15,19)(H,16,18). The zero-order chi connectivity index (χ0) is 14.4. The average molecular weight is 279 g/mol. The van der Waals surface area contributed by atoms with Gasteiger partial charge in [-0.15, -0.1) is 0 Å². The van der Waals surface area contributed by atoms with Crippen LogP contribution in [0.5, 0.6) is 0 Å². The number of urea groups is 1. The molecular weight excluding hydrogens is 258 g/mol. The first-order chi connectivity index (χ1) is 8.90. The van der Waals surface area contributed by atoms with Crippen LogP contribution in [0, 0.1) is 6.92 Å². The molecule has 4 nitrogen and oxygen atoms in total. The number of thiocarbonyl (C=S) groups is 1. The Balaban J connectivity index is 2.66. The summed E-state index contributed by atoms with van der Waals surface area (Å²) in [6.07, 6.45) is 0.537. The minimum Gasteiger partial charge on any atom is -0.393 e. The number of aryl methyl sites for hydroxylation is 1. The molecular formula is C14H21N3OS. The highest BCUT2D eigenvalue weighted by Gasteiger charge is 2.16. The van der Waals surface area contributed by atoms with Crippen LogP contribution in [0.15, 0.2) is 24.3 Å². The highest BCUT2D eigenvalue weighted by molar-refractivity contribution is 7.80. The number of amides is 2. The molecule has 0 atom stereocenters. The Kier molecular flexibility index (Phi) is 5.76. The molecule has 2 amide bonds. The van der Waals surface area contributed by atoms with Gasteiger partial charge in [0.05, 0.1) is 4.99 Å². The summed E-state index contributed by atoms with van der Waals surface area (Å²) >= 11 is 4.85. The van der Waals surface area contributed by atoms with Crippen LogP contribution < -0.4 is 11.1 Å². The number of nitrogens with two attached hydrogens (primary N) is 1. The Morgan fingerprint density at radius 3 is 2.42 bits per heavy atom. The fourth-order valence-electron chi connectivity index (χ4n) is 1.66. The van der Waals surface area contributed by atoms with Crippen molar-refractivity contribution in [2.75, 3.05) is 11.9 Å². The first-order valence-corrected chi connectivity index (χ1v) is 6.73. The molecule has 0 radical (unpaired) electrons. The molecule has 1 aromatic rings. The first kappa shape index (κ1) is 15.4. The molecule has 19 heavy (non-hydrogen) atoms. The summed E-state index contributed by atoms with van der Waals surface area (Å²) < 4.78 is 0. The second-order valence-electron chi connectivity index (χ2n) is 4.80. The van der Waals surface area contributed by atoms with Crippen LogP contribution in [0.2, 0.25) is 0 Å². The largest absolute Gasteiger partial charge is 0.393 e. The van der Waals surface area contributed by atoms with E-state index >= 15 is 0 Å². The molecule has 0 fully saturated rings. The highest BCUT2D eigenvalue weighted by atomic mass is 32.1. The van der Waals surface area contributed by atoms with Gasteiger partial charge in [0.2, 0.25) is 0 Å². The predicted molar refractivity (Wildman–Crippen MR) is 83.4 cm³/mol. The molecule has 5 heteroatoms. The summed E-state index contributed by atoms with van der Waals surface area (Å²) in [4.78, 5) is 14.3. The van der Waals surface area contributed by atoms with Crippen molar-refractivity contribution in [3.05, 3.63) is 29.8 Å². The van der Waals surface area contributed by atoms with Crippen LogP contribution in [0.25, 0.3) is 0 Å². The predicted octanol–water partition coefficient (Wildman–Crippen LogP) is 2.91. The fraction of sp³-hybridized carbons (Fsp3) is 0.429. The van der Waals surface area contributed by atoms with Gasteiger partial charge >= 0.3 is 6.03 Å². The van der Waals surface area contributed by atoms with Crippen LogP contribution in [0.4, 0.5) is 10.5 Å². The molecule has 0 spiro atoms. The summed E-state index contributed by atoms with van der Waals surface area (Å²) in [5, 5.41) is 2.88. The maximum atomic E-state index is 12.2. The van der Waals surface area contributed by atoms with E-state index in [1.807, 2.05) is 45.0 Å². The topological polar surface area (TPSA) is 58.4 Å². The van der Waals surface area contributed by atoms with Gasteiger partial charge in [0.15, 0.2) is 0 Å².